The Hall–Kier alpha value is -3.98. The molecule has 250 valence electrons. The van der Waals surface area contributed by atoms with Crippen molar-refractivity contribution < 1.29 is 33.0 Å². The highest BCUT2D eigenvalue weighted by molar-refractivity contribution is 6.99. The fourth-order valence-electron chi connectivity index (χ4n) is 8.49. The van der Waals surface area contributed by atoms with Gasteiger partial charge in [0.05, 0.1) is 19.6 Å². The zero-order chi connectivity index (χ0) is 33.6. The summed E-state index contributed by atoms with van der Waals surface area (Å²) in [5, 5.41) is 2.12. The molecule has 0 unspecified atom stereocenters. The molecule has 3 aromatic rings. The maximum absolute atomic E-state index is 14.3. The van der Waals surface area contributed by atoms with Crippen molar-refractivity contribution in [1.29, 1.82) is 0 Å². The first-order chi connectivity index (χ1) is 23.1. The molecule has 0 radical (unpaired) electrons. The number of benzene rings is 3. The molecular formula is C40H44O7Si. The second-order valence-electron chi connectivity index (χ2n) is 14.5. The first kappa shape index (κ1) is 32.6. The number of carbonyl (C=O) groups excluding carboxylic acids is 2. The molecule has 0 amide bonds. The molecule has 48 heavy (non-hydrogen) atoms. The van der Waals surface area contributed by atoms with E-state index in [2.05, 4.69) is 75.4 Å². The number of rotatable bonds is 10. The summed E-state index contributed by atoms with van der Waals surface area (Å²) in [5.74, 6) is -1.25. The molecule has 4 aliphatic rings. The molecule has 8 heteroatoms. The lowest BCUT2D eigenvalue weighted by atomic mass is 9.66. The number of hydrogen-bond donors (Lipinski definition) is 0. The zero-order valence-electron chi connectivity index (χ0n) is 28.2. The van der Waals surface area contributed by atoms with E-state index in [0.717, 1.165) is 29.7 Å². The minimum atomic E-state index is -2.87. The van der Waals surface area contributed by atoms with E-state index in [-0.39, 0.29) is 35.9 Å². The summed E-state index contributed by atoms with van der Waals surface area (Å²) in [6.45, 7) is 7.65. The first-order valence-corrected chi connectivity index (χ1v) is 18.9. The molecule has 7 nitrogen and oxygen atoms in total. The number of allylic oxidation sites excluding steroid dienone is 1. The number of methoxy groups -OCH3 is 1. The van der Waals surface area contributed by atoms with Crippen LogP contribution in [0.3, 0.4) is 0 Å². The number of hydrogen-bond acceptors (Lipinski definition) is 7. The van der Waals surface area contributed by atoms with Gasteiger partial charge in [-0.1, -0.05) is 106 Å². The highest BCUT2D eigenvalue weighted by atomic mass is 28.4. The minimum Gasteiger partial charge on any atom is -0.497 e. The van der Waals surface area contributed by atoms with E-state index in [9.17, 15) is 9.59 Å². The summed E-state index contributed by atoms with van der Waals surface area (Å²) in [5.41, 5.74) is 1.10. The van der Waals surface area contributed by atoms with Crippen LogP contribution in [0.4, 0.5) is 0 Å². The van der Waals surface area contributed by atoms with Gasteiger partial charge in [-0.3, -0.25) is 4.79 Å². The van der Waals surface area contributed by atoms with Crippen molar-refractivity contribution >= 4 is 30.6 Å². The highest BCUT2D eigenvalue weighted by Gasteiger charge is 2.69. The lowest BCUT2D eigenvalue weighted by molar-refractivity contribution is -0.242. The van der Waals surface area contributed by atoms with E-state index >= 15 is 0 Å². The van der Waals surface area contributed by atoms with Gasteiger partial charge in [0.1, 0.15) is 17.8 Å². The predicted molar refractivity (Wildman–Crippen MR) is 185 cm³/mol. The van der Waals surface area contributed by atoms with Crippen LogP contribution in [0.2, 0.25) is 5.04 Å². The average Bonchev–Trinajstić information content (AvgIpc) is 3.27. The maximum atomic E-state index is 14.3. The van der Waals surface area contributed by atoms with Crippen molar-refractivity contribution in [1.82, 2.24) is 0 Å². The van der Waals surface area contributed by atoms with Crippen LogP contribution in [0.25, 0.3) is 0 Å². The van der Waals surface area contributed by atoms with Gasteiger partial charge in [0.25, 0.3) is 8.32 Å². The van der Waals surface area contributed by atoms with Crippen molar-refractivity contribution in [3.63, 3.8) is 0 Å². The van der Waals surface area contributed by atoms with E-state index in [1.807, 2.05) is 42.5 Å². The van der Waals surface area contributed by atoms with Gasteiger partial charge >= 0.3 is 11.9 Å². The summed E-state index contributed by atoms with van der Waals surface area (Å²) < 4.78 is 31.2. The van der Waals surface area contributed by atoms with E-state index in [1.165, 1.54) is 10.4 Å². The molecule has 2 aliphatic carbocycles. The monoisotopic (exact) mass is 664 g/mol. The van der Waals surface area contributed by atoms with Crippen molar-refractivity contribution in [3.8, 4) is 5.75 Å². The van der Waals surface area contributed by atoms with Crippen LogP contribution in [0.15, 0.2) is 108 Å². The van der Waals surface area contributed by atoms with Gasteiger partial charge in [0.2, 0.25) is 5.79 Å². The van der Waals surface area contributed by atoms with E-state index in [0.29, 0.717) is 25.2 Å². The van der Waals surface area contributed by atoms with Crippen LogP contribution >= 0.6 is 0 Å². The van der Waals surface area contributed by atoms with Crippen LogP contribution in [-0.2, 0) is 34.8 Å². The van der Waals surface area contributed by atoms with Gasteiger partial charge in [-0.2, -0.15) is 0 Å². The lowest BCUT2D eigenvalue weighted by Crippen LogP contribution is -2.66. The fourth-order valence-corrected chi connectivity index (χ4v) is 13.1. The first-order valence-electron chi connectivity index (χ1n) is 17.0. The van der Waals surface area contributed by atoms with E-state index in [4.69, 9.17) is 23.4 Å². The Morgan fingerprint density at radius 1 is 0.958 bits per heavy atom. The molecule has 2 fully saturated rings. The third-order valence-electron chi connectivity index (χ3n) is 10.8. The predicted octanol–water partition coefficient (Wildman–Crippen LogP) is 6.26. The van der Waals surface area contributed by atoms with Gasteiger partial charge in [-0.05, 0) is 64.7 Å². The Kier molecular flexibility index (Phi) is 8.46. The molecule has 7 rings (SSSR count). The maximum Gasteiger partial charge on any atom is 0.334 e. The summed E-state index contributed by atoms with van der Waals surface area (Å²) in [6.07, 6.45) is 6.33. The smallest absolute Gasteiger partial charge is 0.334 e. The Morgan fingerprint density at radius 3 is 2.25 bits per heavy atom. The quantitative estimate of drug-likeness (QED) is 0.144. The van der Waals surface area contributed by atoms with Gasteiger partial charge in [0.15, 0.2) is 0 Å². The third-order valence-corrected chi connectivity index (χ3v) is 15.9. The van der Waals surface area contributed by atoms with Crippen LogP contribution in [0.1, 0.15) is 52.0 Å². The highest BCUT2D eigenvalue weighted by Crippen LogP contribution is 2.63. The van der Waals surface area contributed by atoms with Crippen molar-refractivity contribution in [2.45, 2.75) is 63.9 Å². The van der Waals surface area contributed by atoms with Crippen LogP contribution in [-0.4, -0.2) is 46.4 Å². The Labute approximate surface area is 284 Å². The van der Waals surface area contributed by atoms with Gasteiger partial charge in [-0.25, -0.2) is 4.79 Å². The summed E-state index contributed by atoms with van der Waals surface area (Å²) in [4.78, 5) is 28.2. The Morgan fingerprint density at radius 2 is 1.62 bits per heavy atom. The van der Waals surface area contributed by atoms with Gasteiger partial charge in [-0.15, -0.1) is 0 Å². The summed E-state index contributed by atoms with van der Waals surface area (Å²) in [6, 6.07) is 28.4. The fraction of sp³-hybridized carbons (Fsp3) is 0.400. The van der Waals surface area contributed by atoms with Crippen molar-refractivity contribution in [3.05, 3.63) is 114 Å². The van der Waals surface area contributed by atoms with Crippen LogP contribution < -0.4 is 15.1 Å². The molecular weight excluding hydrogens is 621 g/mol. The molecule has 4 atom stereocenters. The Bertz CT molecular complexity index is 1690. The lowest BCUT2D eigenvalue weighted by Gasteiger charge is -2.46. The number of esters is 2. The molecule has 1 spiro atoms. The second-order valence-corrected chi connectivity index (χ2v) is 18.8. The largest absolute Gasteiger partial charge is 0.497 e. The summed E-state index contributed by atoms with van der Waals surface area (Å²) in [7, 11) is -1.26. The normalized spacial score (nSPS) is 26.1. The molecule has 3 aromatic carbocycles. The standard InChI is InChI=1S/C40H44O7Si/c1-38(2,3)48(32-11-7-5-8-12-32,33-13-9-6-10-14-33)46-24-22-39-26-30(36(41)44-27-28-15-18-31(43-4)19-16-28)25-34-29-17-20-35(39)40(34,45-23-21-29)47-37(39)42/h5-16,18-20,25,29,34H,17,21-24,26-27H2,1-4H3/t29-,34+,39-,40+/m0/s1. The van der Waals surface area contributed by atoms with E-state index < -0.39 is 25.5 Å². The zero-order valence-corrected chi connectivity index (χ0v) is 29.2. The van der Waals surface area contributed by atoms with Crippen LogP contribution in [0.5, 0.6) is 5.75 Å². The SMILES string of the molecule is COc1ccc(COC(=O)C2=C[C@@H]3[C@H]4CC=C5[C@](CCO[Si](c6ccccc6)(c6ccccc6)C(C)(C)C)(C2)C(=O)O[C@@]53OCC4)cc1. The molecule has 2 saturated heterocycles. The third kappa shape index (κ3) is 5.25. The number of carbonyl (C=O) groups is 2. The molecule has 2 heterocycles. The topological polar surface area (TPSA) is 80.3 Å². The number of ether oxygens (including phenoxy) is 4. The van der Waals surface area contributed by atoms with Crippen molar-refractivity contribution in [2.75, 3.05) is 20.3 Å². The van der Waals surface area contributed by atoms with Crippen LogP contribution in [0, 0.1) is 17.3 Å². The molecule has 0 N–H and O–H groups in total. The van der Waals surface area contributed by atoms with Crippen molar-refractivity contribution in [2.24, 2.45) is 17.3 Å². The second kappa shape index (κ2) is 12.5. The van der Waals surface area contributed by atoms with Gasteiger partial charge < -0.3 is 23.4 Å². The van der Waals surface area contributed by atoms with Gasteiger partial charge in [0, 0.05) is 17.8 Å². The summed E-state index contributed by atoms with van der Waals surface area (Å²) >= 11 is 0. The average molecular weight is 665 g/mol. The molecule has 0 aromatic heterocycles. The van der Waals surface area contributed by atoms with E-state index in [1.54, 1.807) is 7.11 Å². The molecule has 5 bridgehead atoms. The Balaban J connectivity index is 1.23. The minimum absolute atomic E-state index is 0.118. The molecule has 0 saturated carbocycles. The molecule has 2 aliphatic heterocycles.